The SMILES string of the molecule is C1=CC2C3C=C(n4c5ccccc5c5ccccc54)C=CC3C3c4ccccc4OC(=C1)C23. The van der Waals surface area contributed by atoms with Crippen LogP contribution in [0.25, 0.3) is 27.5 Å². The highest BCUT2D eigenvalue weighted by atomic mass is 16.5. The summed E-state index contributed by atoms with van der Waals surface area (Å²) in [6.07, 6.45) is 14.2. The molecule has 3 aromatic carbocycles. The number of benzene rings is 3. The monoisotopic (exact) mass is 425 g/mol. The van der Waals surface area contributed by atoms with E-state index >= 15 is 0 Å². The zero-order valence-corrected chi connectivity index (χ0v) is 18.1. The normalized spacial score (nSPS) is 28.7. The molecule has 0 N–H and O–H groups in total. The summed E-state index contributed by atoms with van der Waals surface area (Å²) in [5.74, 6) is 4.45. The number of hydrogen-bond acceptors (Lipinski definition) is 1. The Morgan fingerprint density at radius 2 is 1.36 bits per heavy atom. The van der Waals surface area contributed by atoms with Crippen LogP contribution >= 0.6 is 0 Å². The second-order valence-corrected chi connectivity index (χ2v) is 9.70. The summed E-state index contributed by atoms with van der Waals surface area (Å²) in [5.41, 5.74) is 5.20. The number of nitrogens with zero attached hydrogens (tertiary/aromatic N) is 1. The van der Waals surface area contributed by atoms with Crippen LogP contribution in [-0.2, 0) is 0 Å². The van der Waals surface area contributed by atoms with Gasteiger partial charge in [-0.3, -0.25) is 0 Å². The highest BCUT2D eigenvalue weighted by molar-refractivity contribution is 6.10. The van der Waals surface area contributed by atoms with Crippen LogP contribution in [-0.4, -0.2) is 4.57 Å². The highest BCUT2D eigenvalue weighted by Crippen LogP contribution is 2.61. The van der Waals surface area contributed by atoms with Gasteiger partial charge < -0.3 is 9.30 Å². The highest BCUT2D eigenvalue weighted by Gasteiger charge is 2.54. The second kappa shape index (κ2) is 6.39. The van der Waals surface area contributed by atoms with E-state index in [1.54, 1.807) is 0 Å². The first kappa shape index (κ1) is 17.7. The number of allylic oxidation sites excluding steroid dienone is 8. The van der Waals surface area contributed by atoms with Crippen LogP contribution in [0.5, 0.6) is 5.75 Å². The molecule has 1 aromatic heterocycles. The molecule has 1 aliphatic heterocycles. The Kier molecular flexibility index (Phi) is 3.43. The standard InChI is InChI=1S/C31H23NO/c1-4-12-26-20(8-1)21-9-2-5-13-27(21)32(26)19-16-17-23-25(18-19)22-11-7-15-29-31(22)30(23)24-10-3-6-14-28(24)33-29/h1-18,22-23,25,30-31H. The van der Waals surface area contributed by atoms with Crippen molar-refractivity contribution in [3.05, 3.63) is 121 Å². The van der Waals surface area contributed by atoms with Crippen LogP contribution in [0.15, 0.2) is 115 Å². The Hall–Kier alpha value is -3.78. The summed E-state index contributed by atoms with van der Waals surface area (Å²) < 4.78 is 8.85. The Labute approximate surface area is 192 Å². The maximum absolute atomic E-state index is 6.40. The van der Waals surface area contributed by atoms with Crippen LogP contribution in [0.3, 0.4) is 0 Å². The van der Waals surface area contributed by atoms with E-state index in [2.05, 4.69) is 114 Å². The van der Waals surface area contributed by atoms with Crippen molar-refractivity contribution in [1.82, 2.24) is 4.57 Å². The predicted molar refractivity (Wildman–Crippen MR) is 134 cm³/mol. The van der Waals surface area contributed by atoms with Crippen LogP contribution in [0.4, 0.5) is 0 Å². The van der Waals surface area contributed by atoms with Gasteiger partial charge in [-0.15, -0.1) is 0 Å². The average molecular weight is 426 g/mol. The Bertz CT molecular complexity index is 1530. The lowest BCUT2D eigenvalue weighted by Gasteiger charge is -2.35. The fourth-order valence-electron chi connectivity index (χ4n) is 6.98. The topological polar surface area (TPSA) is 14.2 Å². The fourth-order valence-corrected chi connectivity index (χ4v) is 6.98. The smallest absolute Gasteiger partial charge is 0.130 e. The molecule has 2 heteroatoms. The maximum Gasteiger partial charge on any atom is 0.130 e. The van der Waals surface area contributed by atoms with Gasteiger partial charge in [-0.2, -0.15) is 0 Å². The first-order valence-corrected chi connectivity index (χ1v) is 11.9. The van der Waals surface area contributed by atoms with E-state index < -0.39 is 0 Å². The number of aromatic nitrogens is 1. The minimum Gasteiger partial charge on any atom is -0.461 e. The van der Waals surface area contributed by atoms with E-state index in [-0.39, 0.29) is 0 Å². The molecule has 4 aliphatic rings. The molecule has 3 aliphatic carbocycles. The van der Waals surface area contributed by atoms with E-state index in [4.69, 9.17) is 4.74 Å². The third-order valence-corrected chi connectivity index (χ3v) is 8.22. The Balaban J connectivity index is 1.32. The fraction of sp³-hybridized carbons (Fsp3) is 0.161. The molecule has 8 rings (SSSR count). The lowest BCUT2D eigenvalue weighted by atomic mass is 9.77. The van der Waals surface area contributed by atoms with Gasteiger partial charge in [0.2, 0.25) is 0 Å². The second-order valence-electron chi connectivity index (χ2n) is 9.70. The molecule has 0 amide bonds. The van der Waals surface area contributed by atoms with Gasteiger partial charge in [-0.25, -0.2) is 0 Å². The molecule has 0 saturated heterocycles. The lowest BCUT2D eigenvalue weighted by Crippen LogP contribution is -2.26. The minimum absolute atomic E-state index is 0.415. The minimum atomic E-state index is 0.415. The Morgan fingerprint density at radius 1 is 0.667 bits per heavy atom. The van der Waals surface area contributed by atoms with Gasteiger partial charge in [0.25, 0.3) is 0 Å². The van der Waals surface area contributed by atoms with E-state index in [9.17, 15) is 0 Å². The molecule has 1 saturated carbocycles. The van der Waals surface area contributed by atoms with Gasteiger partial charge in [0.15, 0.2) is 0 Å². The largest absolute Gasteiger partial charge is 0.461 e. The molecule has 33 heavy (non-hydrogen) atoms. The van der Waals surface area contributed by atoms with Crippen molar-refractivity contribution in [2.45, 2.75) is 5.92 Å². The van der Waals surface area contributed by atoms with Gasteiger partial charge in [-0.05, 0) is 53.7 Å². The van der Waals surface area contributed by atoms with E-state index in [1.165, 1.54) is 33.1 Å². The van der Waals surface area contributed by atoms with Crippen LogP contribution in [0, 0.1) is 23.7 Å². The molecular weight excluding hydrogens is 402 g/mol. The molecule has 1 fully saturated rings. The quantitative estimate of drug-likeness (QED) is 0.312. The third kappa shape index (κ3) is 2.28. The molecular formula is C31H23NO. The molecule has 2 heterocycles. The van der Waals surface area contributed by atoms with Crippen LogP contribution in [0.2, 0.25) is 0 Å². The number of ether oxygens (including phenoxy) is 1. The summed E-state index contributed by atoms with van der Waals surface area (Å²) in [5, 5.41) is 2.63. The zero-order valence-electron chi connectivity index (χ0n) is 18.1. The van der Waals surface area contributed by atoms with Crippen molar-refractivity contribution in [1.29, 1.82) is 0 Å². The van der Waals surface area contributed by atoms with Gasteiger partial charge in [-0.1, -0.05) is 78.9 Å². The zero-order chi connectivity index (χ0) is 21.5. The van der Waals surface area contributed by atoms with Crippen LogP contribution in [0.1, 0.15) is 11.5 Å². The van der Waals surface area contributed by atoms with Gasteiger partial charge in [0, 0.05) is 28.3 Å². The van der Waals surface area contributed by atoms with Crippen molar-refractivity contribution < 1.29 is 4.74 Å². The first-order valence-electron chi connectivity index (χ1n) is 11.9. The van der Waals surface area contributed by atoms with Crippen molar-refractivity contribution in [3.8, 4) is 5.75 Å². The lowest BCUT2D eigenvalue weighted by molar-refractivity contribution is 0.265. The number of fused-ring (bicyclic) bond motifs is 8. The summed E-state index contributed by atoms with van der Waals surface area (Å²) in [7, 11) is 0. The number of hydrogen-bond donors (Lipinski definition) is 0. The number of rotatable bonds is 1. The molecule has 5 atom stereocenters. The number of para-hydroxylation sites is 3. The molecule has 5 unspecified atom stereocenters. The summed E-state index contributed by atoms with van der Waals surface area (Å²) in [6.45, 7) is 0. The molecule has 0 radical (unpaired) electrons. The molecule has 2 nitrogen and oxygen atoms in total. The predicted octanol–water partition coefficient (Wildman–Crippen LogP) is 7.31. The average Bonchev–Trinajstić information content (AvgIpc) is 3.38. The van der Waals surface area contributed by atoms with Crippen molar-refractivity contribution in [2.24, 2.45) is 23.7 Å². The summed E-state index contributed by atoms with van der Waals surface area (Å²) in [4.78, 5) is 0. The van der Waals surface area contributed by atoms with Gasteiger partial charge in [0.05, 0.1) is 11.0 Å². The molecule has 158 valence electrons. The summed E-state index contributed by atoms with van der Waals surface area (Å²) >= 11 is 0. The van der Waals surface area contributed by atoms with E-state index in [1.807, 2.05) is 0 Å². The summed E-state index contributed by atoms with van der Waals surface area (Å²) in [6, 6.07) is 26.2. The van der Waals surface area contributed by atoms with Crippen molar-refractivity contribution in [3.63, 3.8) is 0 Å². The van der Waals surface area contributed by atoms with E-state index in [0.29, 0.717) is 29.6 Å². The van der Waals surface area contributed by atoms with Crippen LogP contribution < -0.4 is 4.74 Å². The van der Waals surface area contributed by atoms with Crippen molar-refractivity contribution in [2.75, 3.05) is 0 Å². The molecule has 4 aromatic rings. The van der Waals surface area contributed by atoms with Gasteiger partial charge >= 0.3 is 0 Å². The Morgan fingerprint density at radius 3 is 2.18 bits per heavy atom. The molecule has 0 spiro atoms. The van der Waals surface area contributed by atoms with Crippen molar-refractivity contribution >= 4 is 27.5 Å². The third-order valence-electron chi connectivity index (χ3n) is 8.22. The first-order chi connectivity index (χ1) is 16.4. The maximum atomic E-state index is 6.40. The van der Waals surface area contributed by atoms with E-state index in [0.717, 1.165) is 11.5 Å². The van der Waals surface area contributed by atoms with Gasteiger partial charge in [0.1, 0.15) is 11.5 Å². The molecule has 0 bridgehead atoms.